The zero-order chi connectivity index (χ0) is 13.8. The molecule has 6 heteroatoms. The summed E-state index contributed by atoms with van der Waals surface area (Å²) >= 11 is 0. The van der Waals surface area contributed by atoms with E-state index in [1.165, 1.54) is 6.07 Å². The summed E-state index contributed by atoms with van der Waals surface area (Å²) in [7, 11) is 0. The van der Waals surface area contributed by atoms with Crippen molar-refractivity contribution in [2.45, 2.75) is 19.4 Å². The normalized spacial score (nSPS) is 12.3. The number of fused-ring (bicyclic) bond motifs is 1. The van der Waals surface area contributed by atoms with Crippen LogP contribution in [0.4, 0.5) is 11.4 Å². The summed E-state index contributed by atoms with van der Waals surface area (Å²) in [4.78, 5) is 14.6. The maximum atomic E-state index is 10.9. The van der Waals surface area contributed by atoms with Crippen LogP contribution in [0, 0.1) is 10.1 Å². The number of rotatable bonds is 5. The first-order chi connectivity index (χ1) is 9.09. The van der Waals surface area contributed by atoms with Crippen LogP contribution in [0.15, 0.2) is 30.5 Å². The van der Waals surface area contributed by atoms with Gasteiger partial charge < -0.3 is 10.4 Å². The quantitative estimate of drug-likeness (QED) is 0.637. The molecule has 0 spiro atoms. The van der Waals surface area contributed by atoms with E-state index in [0.717, 1.165) is 5.69 Å². The highest BCUT2D eigenvalue weighted by molar-refractivity contribution is 5.96. The number of hydrogen-bond acceptors (Lipinski definition) is 5. The van der Waals surface area contributed by atoms with Gasteiger partial charge in [-0.15, -0.1) is 0 Å². The molecule has 0 fully saturated rings. The van der Waals surface area contributed by atoms with Gasteiger partial charge in [0.15, 0.2) is 0 Å². The first kappa shape index (κ1) is 13.2. The Morgan fingerprint density at radius 3 is 2.95 bits per heavy atom. The Kier molecular flexibility index (Phi) is 3.91. The fourth-order valence-electron chi connectivity index (χ4n) is 1.88. The molecule has 0 aliphatic carbocycles. The lowest BCUT2D eigenvalue weighted by atomic mass is 10.1. The third kappa shape index (κ3) is 2.97. The average Bonchev–Trinajstić information content (AvgIpc) is 2.37. The fraction of sp³-hybridized carbons (Fsp3) is 0.308. The van der Waals surface area contributed by atoms with Crippen LogP contribution in [-0.2, 0) is 0 Å². The minimum atomic E-state index is -0.436. The van der Waals surface area contributed by atoms with Crippen LogP contribution in [0.3, 0.4) is 0 Å². The van der Waals surface area contributed by atoms with Crippen LogP contribution < -0.4 is 5.32 Å². The molecule has 2 N–H and O–H groups in total. The van der Waals surface area contributed by atoms with E-state index < -0.39 is 4.92 Å². The second kappa shape index (κ2) is 5.62. The number of hydrogen-bond donors (Lipinski definition) is 2. The molecule has 2 rings (SSSR count). The Balaban J connectivity index is 2.35. The van der Waals surface area contributed by atoms with Crippen LogP contribution in [0.5, 0.6) is 0 Å². The van der Waals surface area contributed by atoms with Crippen molar-refractivity contribution in [2.24, 2.45) is 0 Å². The van der Waals surface area contributed by atoms with Crippen LogP contribution in [0.1, 0.15) is 13.3 Å². The Hall–Kier alpha value is -2.21. The van der Waals surface area contributed by atoms with Crippen LogP contribution in [0.2, 0.25) is 0 Å². The fourth-order valence-corrected chi connectivity index (χ4v) is 1.88. The molecule has 1 atom stereocenters. The molecule has 1 aromatic carbocycles. The number of nitrogens with zero attached hydrogens (tertiary/aromatic N) is 2. The van der Waals surface area contributed by atoms with Gasteiger partial charge in [0.1, 0.15) is 5.52 Å². The standard InChI is InChI=1S/C13H15N3O3/c1-9(17)5-7-14-11-6-8-15-13-10(11)3-2-4-12(13)16(18)19/h2-4,6,8-9,17H,5,7H2,1H3,(H,14,15). The number of anilines is 1. The number of aromatic nitrogens is 1. The summed E-state index contributed by atoms with van der Waals surface area (Å²) in [5.41, 5.74) is 1.15. The number of aliphatic hydroxyl groups is 1. The van der Waals surface area contributed by atoms with Gasteiger partial charge in [0, 0.05) is 29.9 Å². The number of benzene rings is 1. The van der Waals surface area contributed by atoms with Crippen LogP contribution in [-0.4, -0.2) is 27.7 Å². The molecular formula is C13H15N3O3. The van der Waals surface area contributed by atoms with E-state index in [-0.39, 0.29) is 11.8 Å². The number of nitro benzene ring substituents is 1. The lowest BCUT2D eigenvalue weighted by Gasteiger charge is -2.10. The first-order valence-electron chi connectivity index (χ1n) is 6.03. The Morgan fingerprint density at radius 2 is 2.26 bits per heavy atom. The van der Waals surface area contributed by atoms with E-state index in [1.807, 2.05) is 0 Å². The molecule has 0 radical (unpaired) electrons. The molecule has 0 amide bonds. The van der Waals surface area contributed by atoms with Gasteiger partial charge in [0.2, 0.25) is 0 Å². The zero-order valence-electron chi connectivity index (χ0n) is 10.5. The number of nitrogens with one attached hydrogen (secondary N) is 1. The van der Waals surface area contributed by atoms with Crippen molar-refractivity contribution >= 4 is 22.3 Å². The van der Waals surface area contributed by atoms with Gasteiger partial charge in [-0.25, -0.2) is 4.98 Å². The first-order valence-corrected chi connectivity index (χ1v) is 6.03. The summed E-state index contributed by atoms with van der Waals surface area (Å²) < 4.78 is 0. The molecule has 0 saturated carbocycles. The summed E-state index contributed by atoms with van der Waals surface area (Å²) in [5, 5.41) is 24.0. The minimum absolute atomic E-state index is 0.00308. The Labute approximate surface area is 110 Å². The molecule has 1 heterocycles. The lowest BCUT2D eigenvalue weighted by molar-refractivity contribution is -0.383. The summed E-state index contributed by atoms with van der Waals surface area (Å²) in [6.07, 6.45) is 1.77. The number of aliphatic hydroxyl groups excluding tert-OH is 1. The number of nitro groups is 1. The second-order valence-corrected chi connectivity index (χ2v) is 4.35. The van der Waals surface area contributed by atoms with Gasteiger partial charge in [0.05, 0.1) is 11.0 Å². The minimum Gasteiger partial charge on any atom is -0.393 e. The van der Waals surface area contributed by atoms with Gasteiger partial charge in [-0.2, -0.15) is 0 Å². The average molecular weight is 261 g/mol. The number of pyridine rings is 1. The zero-order valence-corrected chi connectivity index (χ0v) is 10.5. The monoisotopic (exact) mass is 261 g/mol. The van der Waals surface area contributed by atoms with Crippen molar-refractivity contribution < 1.29 is 10.0 Å². The SMILES string of the molecule is CC(O)CCNc1ccnc2c([N+](=O)[O-])cccc12. The van der Waals surface area contributed by atoms with Crippen molar-refractivity contribution in [3.05, 3.63) is 40.6 Å². The molecule has 1 unspecified atom stereocenters. The van der Waals surface area contributed by atoms with E-state index in [4.69, 9.17) is 0 Å². The molecule has 0 bridgehead atoms. The Bertz CT molecular complexity index is 599. The highest BCUT2D eigenvalue weighted by Crippen LogP contribution is 2.28. The van der Waals surface area contributed by atoms with Gasteiger partial charge in [0.25, 0.3) is 5.69 Å². The van der Waals surface area contributed by atoms with Crippen molar-refractivity contribution in [1.29, 1.82) is 0 Å². The highest BCUT2D eigenvalue weighted by Gasteiger charge is 2.14. The third-order valence-corrected chi connectivity index (χ3v) is 2.82. The van der Waals surface area contributed by atoms with Crippen molar-refractivity contribution in [3.8, 4) is 0 Å². The maximum Gasteiger partial charge on any atom is 0.295 e. The molecular weight excluding hydrogens is 246 g/mol. The van der Waals surface area contributed by atoms with Crippen molar-refractivity contribution in [2.75, 3.05) is 11.9 Å². The molecule has 100 valence electrons. The Morgan fingerprint density at radius 1 is 1.47 bits per heavy atom. The molecule has 1 aromatic heterocycles. The van der Waals surface area contributed by atoms with Gasteiger partial charge in [-0.1, -0.05) is 12.1 Å². The van der Waals surface area contributed by atoms with Gasteiger partial charge in [-0.3, -0.25) is 10.1 Å². The van der Waals surface area contributed by atoms with Crippen LogP contribution in [0.25, 0.3) is 10.9 Å². The summed E-state index contributed by atoms with van der Waals surface area (Å²) in [6.45, 7) is 2.32. The van der Waals surface area contributed by atoms with Crippen molar-refractivity contribution in [1.82, 2.24) is 4.98 Å². The van der Waals surface area contributed by atoms with Crippen LogP contribution >= 0.6 is 0 Å². The second-order valence-electron chi connectivity index (χ2n) is 4.35. The van der Waals surface area contributed by atoms with E-state index >= 15 is 0 Å². The predicted molar refractivity (Wildman–Crippen MR) is 73.2 cm³/mol. The van der Waals surface area contributed by atoms with E-state index in [0.29, 0.717) is 23.9 Å². The van der Waals surface area contributed by atoms with Crippen molar-refractivity contribution in [3.63, 3.8) is 0 Å². The van der Waals surface area contributed by atoms with E-state index in [9.17, 15) is 15.2 Å². The summed E-state index contributed by atoms with van der Waals surface area (Å²) in [5.74, 6) is 0. The molecule has 0 aliphatic heterocycles. The molecule has 0 saturated heterocycles. The lowest BCUT2D eigenvalue weighted by Crippen LogP contribution is -2.10. The van der Waals surface area contributed by atoms with Gasteiger partial charge >= 0.3 is 0 Å². The molecule has 19 heavy (non-hydrogen) atoms. The third-order valence-electron chi connectivity index (χ3n) is 2.82. The maximum absolute atomic E-state index is 10.9. The topological polar surface area (TPSA) is 88.3 Å². The number of non-ortho nitro benzene ring substituents is 1. The van der Waals surface area contributed by atoms with Gasteiger partial charge in [-0.05, 0) is 19.4 Å². The molecule has 0 aliphatic rings. The molecule has 2 aromatic rings. The van der Waals surface area contributed by atoms with E-state index in [1.54, 1.807) is 31.3 Å². The smallest absolute Gasteiger partial charge is 0.295 e. The molecule has 6 nitrogen and oxygen atoms in total. The number of para-hydroxylation sites is 1. The van der Waals surface area contributed by atoms with E-state index in [2.05, 4.69) is 10.3 Å². The highest BCUT2D eigenvalue weighted by atomic mass is 16.6. The predicted octanol–water partition coefficient (Wildman–Crippen LogP) is 2.33. The summed E-state index contributed by atoms with van der Waals surface area (Å²) in [6, 6.07) is 6.64. The largest absolute Gasteiger partial charge is 0.393 e.